The van der Waals surface area contributed by atoms with Crippen LogP contribution in [0.3, 0.4) is 0 Å². The van der Waals surface area contributed by atoms with Crippen LogP contribution in [0.4, 0.5) is 4.79 Å². The highest BCUT2D eigenvalue weighted by molar-refractivity contribution is 5.72. The monoisotopic (exact) mass is 287 g/mol. The molecule has 1 amide bonds. The SMILES string of the molecule is CC(C)(C)OC(=O)N[C@H]1CC(C(=O)O)CC12OCCO2. The largest absolute Gasteiger partial charge is 0.481 e. The van der Waals surface area contributed by atoms with E-state index in [9.17, 15) is 9.59 Å². The van der Waals surface area contributed by atoms with Crippen molar-refractivity contribution >= 4 is 12.1 Å². The van der Waals surface area contributed by atoms with Crippen molar-refractivity contribution in [1.29, 1.82) is 0 Å². The summed E-state index contributed by atoms with van der Waals surface area (Å²) in [5, 5.41) is 11.8. The van der Waals surface area contributed by atoms with Crippen molar-refractivity contribution < 1.29 is 28.9 Å². The van der Waals surface area contributed by atoms with Gasteiger partial charge in [-0.15, -0.1) is 0 Å². The fourth-order valence-corrected chi connectivity index (χ4v) is 2.63. The third kappa shape index (κ3) is 3.21. The van der Waals surface area contributed by atoms with Gasteiger partial charge in [-0.2, -0.15) is 0 Å². The summed E-state index contributed by atoms with van der Waals surface area (Å²) in [7, 11) is 0. The number of aliphatic carboxylic acids is 1. The molecule has 1 aliphatic heterocycles. The summed E-state index contributed by atoms with van der Waals surface area (Å²) >= 11 is 0. The Morgan fingerprint density at radius 3 is 2.40 bits per heavy atom. The lowest BCUT2D eigenvalue weighted by molar-refractivity contribution is -0.170. The average molecular weight is 287 g/mol. The number of carbonyl (C=O) groups is 2. The van der Waals surface area contributed by atoms with E-state index in [1.165, 1.54) is 0 Å². The maximum Gasteiger partial charge on any atom is 0.408 e. The summed E-state index contributed by atoms with van der Waals surface area (Å²) in [4.78, 5) is 23.0. The van der Waals surface area contributed by atoms with Gasteiger partial charge in [0.15, 0.2) is 5.79 Å². The molecule has 7 nitrogen and oxygen atoms in total. The summed E-state index contributed by atoms with van der Waals surface area (Å²) in [5.41, 5.74) is -0.612. The fraction of sp³-hybridized carbons (Fsp3) is 0.846. The molecule has 114 valence electrons. The molecule has 2 atom stereocenters. The zero-order valence-corrected chi connectivity index (χ0v) is 12.0. The molecule has 7 heteroatoms. The first kappa shape index (κ1) is 15.1. The minimum absolute atomic E-state index is 0.239. The first-order valence-electron chi connectivity index (χ1n) is 6.72. The normalized spacial score (nSPS) is 28.6. The topological polar surface area (TPSA) is 94.1 Å². The molecule has 2 aliphatic rings. The summed E-state index contributed by atoms with van der Waals surface area (Å²) in [6.07, 6.45) is -0.0794. The van der Waals surface area contributed by atoms with Crippen molar-refractivity contribution in [1.82, 2.24) is 5.32 Å². The van der Waals surface area contributed by atoms with Gasteiger partial charge in [0.1, 0.15) is 5.60 Å². The molecule has 1 spiro atoms. The van der Waals surface area contributed by atoms with E-state index in [2.05, 4.69) is 5.32 Å². The number of ether oxygens (including phenoxy) is 3. The predicted octanol–water partition coefficient (Wildman–Crippen LogP) is 1.12. The van der Waals surface area contributed by atoms with Crippen LogP contribution in [0.2, 0.25) is 0 Å². The number of nitrogens with one attached hydrogen (secondary N) is 1. The highest BCUT2D eigenvalue weighted by Crippen LogP contribution is 2.41. The minimum atomic E-state index is -1.03. The minimum Gasteiger partial charge on any atom is -0.481 e. The number of hydrogen-bond donors (Lipinski definition) is 2. The number of carboxylic acids is 1. The van der Waals surface area contributed by atoms with Gasteiger partial charge >= 0.3 is 12.1 Å². The lowest BCUT2D eigenvalue weighted by atomic mass is 10.1. The van der Waals surface area contributed by atoms with E-state index in [0.29, 0.717) is 13.2 Å². The van der Waals surface area contributed by atoms with Gasteiger partial charge in [0, 0.05) is 6.42 Å². The first-order valence-corrected chi connectivity index (χ1v) is 6.72. The number of alkyl carbamates (subject to hydrolysis) is 1. The fourth-order valence-electron chi connectivity index (χ4n) is 2.63. The average Bonchev–Trinajstić information content (AvgIpc) is 2.86. The van der Waals surface area contributed by atoms with E-state index in [0.717, 1.165) is 0 Å². The lowest BCUT2D eigenvalue weighted by Crippen LogP contribution is -2.51. The Morgan fingerprint density at radius 1 is 1.30 bits per heavy atom. The van der Waals surface area contributed by atoms with Gasteiger partial charge in [-0.1, -0.05) is 0 Å². The van der Waals surface area contributed by atoms with Crippen LogP contribution in [0.25, 0.3) is 0 Å². The Labute approximate surface area is 117 Å². The molecular weight excluding hydrogens is 266 g/mol. The molecule has 1 aliphatic carbocycles. The standard InChI is InChI=1S/C13H21NO6/c1-12(2,3)20-11(17)14-9-6-8(10(15)16)7-13(9)18-4-5-19-13/h8-9H,4-7H2,1-3H3,(H,14,17)(H,15,16)/t8?,9-/m0/s1. The highest BCUT2D eigenvalue weighted by Gasteiger charge is 2.54. The zero-order chi connectivity index (χ0) is 15.0. The van der Waals surface area contributed by atoms with Gasteiger partial charge in [0.25, 0.3) is 0 Å². The Hall–Kier alpha value is -1.34. The Kier molecular flexibility index (Phi) is 3.93. The lowest BCUT2D eigenvalue weighted by Gasteiger charge is -2.30. The molecule has 2 fully saturated rings. The van der Waals surface area contributed by atoms with Crippen molar-refractivity contribution in [2.75, 3.05) is 13.2 Å². The zero-order valence-electron chi connectivity index (χ0n) is 12.0. The number of rotatable bonds is 2. The van der Waals surface area contributed by atoms with Crippen LogP contribution in [-0.4, -0.2) is 47.8 Å². The third-order valence-electron chi connectivity index (χ3n) is 3.40. The Morgan fingerprint density at radius 2 is 1.90 bits per heavy atom. The van der Waals surface area contributed by atoms with E-state index < -0.39 is 35.4 Å². The van der Waals surface area contributed by atoms with E-state index in [1.54, 1.807) is 20.8 Å². The summed E-state index contributed by atoms with van der Waals surface area (Å²) < 4.78 is 16.3. The molecule has 20 heavy (non-hydrogen) atoms. The summed E-state index contributed by atoms with van der Waals surface area (Å²) in [6.45, 7) is 6.09. The molecule has 0 bridgehead atoms. The maximum atomic E-state index is 11.8. The smallest absolute Gasteiger partial charge is 0.408 e. The van der Waals surface area contributed by atoms with Crippen LogP contribution in [-0.2, 0) is 19.0 Å². The predicted molar refractivity (Wildman–Crippen MR) is 68.2 cm³/mol. The van der Waals surface area contributed by atoms with Crippen LogP contribution in [0.5, 0.6) is 0 Å². The van der Waals surface area contributed by atoms with E-state index >= 15 is 0 Å². The molecule has 0 radical (unpaired) electrons. The Bertz CT molecular complexity index is 396. The van der Waals surface area contributed by atoms with Crippen molar-refractivity contribution in [3.05, 3.63) is 0 Å². The number of amides is 1. The van der Waals surface area contributed by atoms with Crippen LogP contribution in [0.15, 0.2) is 0 Å². The molecule has 1 heterocycles. The van der Waals surface area contributed by atoms with Crippen molar-refractivity contribution in [2.45, 2.75) is 51.0 Å². The van der Waals surface area contributed by atoms with E-state index in [-0.39, 0.29) is 12.8 Å². The number of carboxylic acid groups (broad SMARTS) is 1. The second-order valence-electron chi connectivity index (χ2n) is 6.18. The molecular formula is C13H21NO6. The van der Waals surface area contributed by atoms with Crippen molar-refractivity contribution in [3.8, 4) is 0 Å². The quantitative estimate of drug-likeness (QED) is 0.790. The maximum absolute atomic E-state index is 11.8. The Balaban J connectivity index is 2.04. The van der Waals surface area contributed by atoms with E-state index in [4.69, 9.17) is 19.3 Å². The van der Waals surface area contributed by atoms with Crippen molar-refractivity contribution in [3.63, 3.8) is 0 Å². The van der Waals surface area contributed by atoms with Crippen LogP contribution < -0.4 is 5.32 Å². The van der Waals surface area contributed by atoms with Gasteiger partial charge in [0.05, 0.1) is 25.2 Å². The molecule has 0 aromatic heterocycles. The van der Waals surface area contributed by atoms with Gasteiger partial charge < -0.3 is 24.6 Å². The second kappa shape index (κ2) is 5.21. The highest BCUT2D eigenvalue weighted by atomic mass is 16.7. The van der Waals surface area contributed by atoms with Crippen LogP contribution >= 0.6 is 0 Å². The molecule has 1 saturated carbocycles. The number of hydrogen-bond acceptors (Lipinski definition) is 5. The summed E-state index contributed by atoms with van der Waals surface area (Å²) in [6, 6.07) is -0.513. The molecule has 0 aromatic carbocycles. The second-order valence-corrected chi connectivity index (χ2v) is 6.18. The first-order chi connectivity index (χ1) is 9.22. The van der Waals surface area contributed by atoms with Gasteiger partial charge in [-0.05, 0) is 27.2 Å². The molecule has 2 rings (SSSR count). The van der Waals surface area contributed by atoms with Gasteiger partial charge in [-0.3, -0.25) is 4.79 Å². The summed E-state index contributed by atoms with van der Waals surface area (Å²) in [5.74, 6) is -2.52. The van der Waals surface area contributed by atoms with Crippen LogP contribution in [0, 0.1) is 5.92 Å². The van der Waals surface area contributed by atoms with Gasteiger partial charge in [-0.25, -0.2) is 4.79 Å². The molecule has 1 unspecified atom stereocenters. The van der Waals surface area contributed by atoms with E-state index in [1.807, 2.05) is 0 Å². The molecule has 2 N–H and O–H groups in total. The van der Waals surface area contributed by atoms with Crippen molar-refractivity contribution in [2.24, 2.45) is 5.92 Å². The molecule has 1 saturated heterocycles. The van der Waals surface area contributed by atoms with Gasteiger partial charge in [0.2, 0.25) is 0 Å². The van der Waals surface area contributed by atoms with Crippen LogP contribution in [0.1, 0.15) is 33.6 Å². The molecule has 0 aromatic rings. The number of carbonyl (C=O) groups excluding carboxylic acids is 1. The third-order valence-corrected chi connectivity index (χ3v) is 3.40.